The number of allylic oxidation sites excluding steroid dienone is 2. The van der Waals surface area contributed by atoms with Crippen LogP contribution < -0.4 is 10.2 Å². The number of nitrogens with one attached hydrogen (secondary N) is 1. The standard InChI is InChI=1S/C23H21N3O5S/c1-14-6-7-16(26(30)31)12-20(14)24-21(27)13-32-17-10-8-15(9-11-17)25-22(28)18-4-2-3-5-19(18)23(25)29/h2-3,6-12,18-19H,4-5,13H2,1H3,(H,24,27)/t18-,19+. The number of nitro groups is 1. The summed E-state index contributed by atoms with van der Waals surface area (Å²) in [6.07, 6.45) is 5.10. The van der Waals surface area contributed by atoms with Gasteiger partial charge in [-0.1, -0.05) is 18.2 Å². The van der Waals surface area contributed by atoms with Crippen molar-refractivity contribution in [3.05, 3.63) is 70.3 Å². The SMILES string of the molecule is Cc1ccc([N+](=O)[O-])cc1NC(=O)CSc1ccc(N2C(=O)[C@H]3CC=CC[C@H]3C2=O)cc1. The molecule has 1 aliphatic heterocycles. The van der Waals surface area contributed by atoms with E-state index in [1.54, 1.807) is 37.3 Å². The van der Waals surface area contributed by atoms with E-state index in [9.17, 15) is 24.5 Å². The molecule has 3 amide bonds. The quantitative estimate of drug-likeness (QED) is 0.233. The number of imide groups is 1. The van der Waals surface area contributed by atoms with Crippen LogP contribution in [0.4, 0.5) is 17.1 Å². The van der Waals surface area contributed by atoms with E-state index in [0.29, 0.717) is 24.2 Å². The Kier molecular flexibility index (Phi) is 6.09. The molecule has 1 aliphatic carbocycles. The third kappa shape index (κ3) is 4.29. The lowest BCUT2D eigenvalue weighted by atomic mass is 9.85. The zero-order valence-electron chi connectivity index (χ0n) is 17.3. The van der Waals surface area contributed by atoms with E-state index >= 15 is 0 Å². The van der Waals surface area contributed by atoms with E-state index in [4.69, 9.17) is 0 Å². The summed E-state index contributed by atoms with van der Waals surface area (Å²) in [6.45, 7) is 1.76. The van der Waals surface area contributed by atoms with Gasteiger partial charge in [0.05, 0.1) is 33.9 Å². The van der Waals surface area contributed by atoms with Gasteiger partial charge in [-0.15, -0.1) is 11.8 Å². The predicted molar refractivity (Wildman–Crippen MR) is 121 cm³/mol. The minimum atomic E-state index is -0.507. The Hall–Kier alpha value is -3.46. The molecule has 9 heteroatoms. The van der Waals surface area contributed by atoms with Gasteiger partial charge in [-0.2, -0.15) is 0 Å². The molecule has 164 valence electrons. The lowest BCUT2D eigenvalue weighted by Gasteiger charge is -2.15. The van der Waals surface area contributed by atoms with Crippen molar-refractivity contribution in [3.8, 4) is 0 Å². The van der Waals surface area contributed by atoms with Gasteiger partial charge in [0.15, 0.2) is 0 Å². The molecule has 0 spiro atoms. The molecule has 0 bridgehead atoms. The van der Waals surface area contributed by atoms with Gasteiger partial charge < -0.3 is 5.32 Å². The summed E-state index contributed by atoms with van der Waals surface area (Å²) >= 11 is 1.29. The number of carbonyl (C=O) groups is 3. The zero-order valence-corrected chi connectivity index (χ0v) is 18.1. The Bertz CT molecular complexity index is 1100. The molecule has 8 nitrogen and oxygen atoms in total. The van der Waals surface area contributed by atoms with Crippen molar-refractivity contribution < 1.29 is 19.3 Å². The fraction of sp³-hybridized carbons (Fsp3) is 0.261. The van der Waals surface area contributed by atoms with E-state index in [0.717, 1.165) is 10.5 Å². The zero-order chi connectivity index (χ0) is 22.8. The first kappa shape index (κ1) is 21.8. The van der Waals surface area contributed by atoms with Crippen LogP contribution in [-0.2, 0) is 14.4 Å². The van der Waals surface area contributed by atoms with Gasteiger partial charge in [0.25, 0.3) is 5.69 Å². The number of hydrogen-bond acceptors (Lipinski definition) is 6. The fourth-order valence-electron chi connectivity index (χ4n) is 3.94. The molecule has 32 heavy (non-hydrogen) atoms. The first-order valence-corrected chi connectivity index (χ1v) is 11.1. The Morgan fingerprint density at radius 2 is 1.72 bits per heavy atom. The summed E-state index contributed by atoms with van der Waals surface area (Å²) < 4.78 is 0. The normalized spacial score (nSPS) is 19.7. The molecule has 4 rings (SSSR count). The second-order valence-electron chi connectivity index (χ2n) is 7.75. The molecule has 0 aromatic heterocycles. The van der Waals surface area contributed by atoms with Gasteiger partial charge in [0, 0.05) is 17.0 Å². The molecule has 2 aromatic carbocycles. The Labute approximate surface area is 188 Å². The molecule has 1 heterocycles. The number of aryl methyl sites for hydroxylation is 1. The topological polar surface area (TPSA) is 110 Å². The average molecular weight is 452 g/mol. The smallest absolute Gasteiger partial charge is 0.271 e. The number of carbonyl (C=O) groups excluding carboxylic acids is 3. The molecule has 0 saturated carbocycles. The number of nitrogens with zero attached hydrogens (tertiary/aromatic N) is 2. The minimum absolute atomic E-state index is 0.0872. The van der Waals surface area contributed by atoms with Crippen molar-refractivity contribution in [3.63, 3.8) is 0 Å². The van der Waals surface area contributed by atoms with Crippen molar-refractivity contribution in [1.82, 2.24) is 0 Å². The molecule has 0 unspecified atom stereocenters. The van der Waals surface area contributed by atoms with E-state index in [-0.39, 0.29) is 41.0 Å². The number of amides is 3. The predicted octanol–water partition coefficient (Wildman–Crippen LogP) is 4.09. The maximum atomic E-state index is 12.7. The maximum Gasteiger partial charge on any atom is 0.271 e. The highest BCUT2D eigenvalue weighted by Gasteiger charge is 2.47. The van der Waals surface area contributed by atoms with Gasteiger partial charge in [0.2, 0.25) is 17.7 Å². The highest BCUT2D eigenvalue weighted by molar-refractivity contribution is 8.00. The number of anilines is 2. The Balaban J connectivity index is 1.37. The van der Waals surface area contributed by atoms with E-state index < -0.39 is 4.92 Å². The molecule has 2 aliphatic rings. The third-order valence-corrected chi connectivity index (χ3v) is 6.69. The van der Waals surface area contributed by atoms with Crippen LogP contribution in [0.2, 0.25) is 0 Å². The Morgan fingerprint density at radius 1 is 1.09 bits per heavy atom. The van der Waals surface area contributed by atoms with Gasteiger partial charge >= 0.3 is 0 Å². The fourth-order valence-corrected chi connectivity index (χ4v) is 4.64. The summed E-state index contributed by atoms with van der Waals surface area (Å²) in [5, 5.41) is 13.6. The largest absolute Gasteiger partial charge is 0.325 e. The van der Waals surface area contributed by atoms with Crippen molar-refractivity contribution in [2.24, 2.45) is 11.8 Å². The summed E-state index contributed by atoms with van der Waals surface area (Å²) in [6, 6.07) is 11.3. The van der Waals surface area contributed by atoms with Crippen LogP contribution in [0.1, 0.15) is 18.4 Å². The van der Waals surface area contributed by atoms with Gasteiger partial charge in [-0.25, -0.2) is 0 Å². The number of nitro benzene ring substituents is 1. The van der Waals surface area contributed by atoms with Crippen molar-refractivity contribution in [1.29, 1.82) is 0 Å². The number of rotatable bonds is 6. The molecule has 0 radical (unpaired) electrons. The van der Waals surface area contributed by atoms with Crippen LogP contribution in [-0.4, -0.2) is 28.4 Å². The second kappa shape index (κ2) is 8.96. The van der Waals surface area contributed by atoms with Crippen LogP contribution in [0.15, 0.2) is 59.5 Å². The molecule has 1 saturated heterocycles. The number of benzene rings is 2. The molecule has 1 fully saturated rings. The monoisotopic (exact) mass is 451 g/mol. The number of fused-ring (bicyclic) bond motifs is 1. The van der Waals surface area contributed by atoms with Crippen molar-refractivity contribution in [2.45, 2.75) is 24.7 Å². The number of hydrogen-bond donors (Lipinski definition) is 1. The summed E-state index contributed by atoms with van der Waals surface area (Å²) in [7, 11) is 0. The van der Waals surface area contributed by atoms with Crippen LogP contribution in [0.25, 0.3) is 0 Å². The number of thioether (sulfide) groups is 1. The molecule has 2 atom stereocenters. The Morgan fingerprint density at radius 3 is 2.31 bits per heavy atom. The van der Waals surface area contributed by atoms with Crippen LogP contribution >= 0.6 is 11.8 Å². The van der Waals surface area contributed by atoms with E-state index in [2.05, 4.69) is 5.32 Å². The summed E-state index contributed by atoms with van der Waals surface area (Å²) in [5.41, 5.74) is 1.59. The highest BCUT2D eigenvalue weighted by atomic mass is 32.2. The third-order valence-electron chi connectivity index (χ3n) is 5.68. The molecular weight excluding hydrogens is 430 g/mol. The summed E-state index contributed by atoms with van der Waals surface area (Å²) in [5.74, 6) is -1.04. The summed E-state index contributed by atoms with van der Waals surface area (Å²) in [4.78, 5) is 50.2. The highest BCUT2D eigenvalue weighted by Crippen LogP contribution is 2.38. The first-order valence-electron chi connectivity index (χ1n) is 10.2. The van der Waals surface area contributed by atoms with E-state index in [1.165, 1.54) is 28.8 Å². The van der Waals surface area contributed by atoms with Crippen molar-refractivity contribution >= 4 is 46.5 Å². The minimum Gasteiger partial charge on any atom is -0.325 e. The second-order valence-corrected chi connectivity index (χ2v) is 8.80. The number of non-ortho nitro benzene ring substituents is 1. The lowest BCUT2D eigenvalue weighted by molar-refractivity contribution is -0.384. The van der Waals surface area contributed by atoms with Gasteiger partial charge in [0.1, 0.15) is 0 Å². The molecular formula is C23H21N3O5S. The van der Waals surface area contributed by atoms with Crippen LogP contribution in [0.3, 0.4) is 0 Å². The molecule has 1 N–H and O–H groups in total. The van der Waals surface area contributed by atoms with Gasteiger partial charge in [-0.05, 0) is 49.6 Å². The van der Waals surface area contributed by atoms with Gasteiger partial charge in [-0.3, -0.25) is 29.4 Å². The average Bonchev–Trinajstić information content (AvgIpc) is 3.04. The van der Waals surface area contributed by atoms with Crippen LogP contribution in [0, 0.1) is 28.9 Å². The van der Waals surface area contributed by atoms with Crippen LogP contribution in [0.5, 0.6) is 0 Å². The maximum absolute atomic E-state index is 12.7. The van der Waals surface area contributed by atoms with E-state index in [1.807, 2.05) is 12.2 Å². The first-order chi connectivity index (χ1) is 15.3. The molecule has 2 aromatic rings. The van der Waals surface area contributed by atoms with Crippen molar-refractivity contribution in [2.75, 3.05) is 16.0 Å². The lowest BCUT2D eigenvalue weighted by Crippen LogP contribution is -2.30.